The fraction of sp³-hybridized carbons (Fsp3) is 0.889. The zero-order valence-electron chi connectivity index (χ0n) is 36.2. The molecule has 3 amide bonds. The monoisotopic (exact) mass is 758 g/mol. The van der Waals surface area contributed by atoms with E-state index in [9.17, 15) is 14.4 Å². The third-order valence-electron chi connectivity index (χ3n) is 13.6. The van der Waals surface area contributed by atoms with E-state index in [2.05, 4.69) is 51.3 Å². The van der Waals surface area contributed by atoms with Crippen molar-refractivity contribution >= 4 is 18.3 Å². The highest BCUT2D eigenvalue weighted by Crippen LogP contribution is 2.67. The molecule has 0 aromatic rings. The van der Waals surface area contributed by atoms with E-state index in [0.29, 0.717) is 50.9 Å². The summed E-state index contributed by atoms with van der Waals surface area (Å²) < 4.78 is 17.0. The quantitative estimate of drug-likeness (QED) is 0.0979. The van der Waals surface area contributed by atoms with Crippen molar-refractivity contribution in [3.8, 4) is 0 Å². The van der Waals surface area contributed by atoms with Crippen LogP contribution in [0.1, 0.15) is 166 Å². The molecule has 9 nitrogen and oxygen atoms in total. The van der Waals surface area contributed by atoms with Gasteiger partial charge in [0.1, 0.15) is 17.3 Å². The molecule has 0 heterocycles. The van der Waals surface area contributed by atoms with Crippen molar-refractivity contribution in [3.05, 3.63) is 11.6 Å². The Morgan fingerprint density at radius 1 is 0.796 bits per heavy atom. The standard InChI is InChI=1S/C45H79N3O6/c1-31(2)16-14-17-32(3)36-20-21-37-35-19-18-33-30-34(22-24-44(33,10)38(35)23-25-45(36,37)11)52-41(51)48(29-15-27-47-40(50)54-43(7,8)9)28-13-12-26-46-39(49)53-42(4,5)6/h18,31-32,34-38H,12-17,19-30H2,1-11H3,(H,46,49)(H,47,50)/t32-,34+,35+,36-,37+,38+,44+,45-/m1/s1. The Morgan fingerprint density at radius 2 is 1.43 bits per heavy atom. The minimum atomic E-state index is -0.569. The number of hydrogen-bond donors (Lipinski definition) is 2. The Kier molecular flexibility index (Phi) is 15.3. The first-order valence-electron chi connectivity index (χ1n) is 21.8. The van der Waals surface area contributed by atoms with Crippen molar-refractivity contribution in [2.75, 3.05) is 26.2 Å². The molecule has 3 fully saturated rings. The number of fused-ring (bicyclic) bond motifs is 5. The first-order valence-corrected chi connectivity index (χ1v) is 21.8. The van der Waals surface area contributed by atoms with Crippen LogP contribution >= 0.6 is 0 Å². The Labute approximate surface area is 329 Å². The molecule has 4 aliphatic rings. The largest absolute Gasteiger partial charge is 0.446 e. The van der Waals surface area contributed by atoms with E-state index < -0.39 is 23.4 Å². The maximum atomic E-state index is 13.8. The molecular formula is C45H79N3O6. The third kappa shape index (κ3) is 12.0. The molecule has 54 heavy (non-hydrogen) atoms. The summed E-state index contributed by atoms with van der Waals surface area (Å²) in [7, 11) is 0. The molecule has 0 radical (unpaired) electrons. The van der Waals surface area contributed by atoms with E-state index in [-0.39, 0.29) is 17.6 Å². The summed E-state index contributed by atoms with van der Waals surface area (Å²) in [5.41, 5.74) is 1.08. The number of nitrogens with one attached hydrogen (secondary N) is 2. The van der Waals surface area contributed by atoms with Crippen LogP contribution in [0.3, 0.4) is 0 Å². The molecule has 8 atom stereocenters. The second kappa shape index (κ2) is 18.7. The lowest BCUT2D eigenvalue weighted by Gasteiger charge is -2.58. The van der Waals surface area contributed by atoms with Gasteiger partial charge in [0.15, 0.2) is 0 Å². The predicted octanol–water partition coefficient (Wildman–Crippen LogP) is 11.1. The van der Waals surface area contributed by atoms with Crippen LogP contribution in [-0.4, -0.2) is 66.7 Å². The Bertz CT molecular complexity index is 1280. The molecule has 310 valence electrons. The second-order valence-corrected chi connectivity index (χ2v) is 20.4. The van der Waals surface area contributed by atoms with E-state index in [4.69, 9.17) is 14.2 Å². The lowest BCUT2D eigenvalue weighted by molar-refractivity contribution is -0.0593. The number of hydrogen-bond acceptors (Lipinski definition) is 6. The first-order chi connectivity index (χ1) is 25.2. The zero-order valence-corrected chi connectivity index (χ0v) is 36.2. The van der Waals surface area contributed by atoms with Gasteiger partial charge in [-0.15, -0.1) is 0 Å². The van der Waals surface area contributed by atoms with Gasteiger partial charge < -0.3 is 29.7 Å². The van der Waals surface area contributed by atoms with Gasteiger partial charge in [-0.2, -0.15) is 0 Å². The van der Waals surface area contributed by atoms with Gasteiger partial charge in [0, 0.05) is 32.6 Å². The molecule has 4 rings (SSSR count). The van der Waals surface area contributed by atoms with Gasteiger partial charge in [-0.25, -0.2) is 14.4 Å². The maximum absolute atomic E-state index is 13.8. The number of unbranched alkanes of at least 4 members (excludes halogenated alkanes) is 1. The van der Waals surface area contributed by atoms with Gasteiger partial charge in [0.05, 0.1) is 0 Å². The summed E-state index contributed by atoms with van der Waals surface area (Å²) in [5.74, 6) is 4.81. The van der Waals surface area contributed by atoms with Gasteiger partial charge >= 0.3 is 18.3 Å². The number of carbonyl (C=O) groups is 3. The number of rotatable bonds is 15. The topological polar surface area (TPSA) is 106 Å². The summed E-state index contributed by atoms with van der Waals surface area (Å²) in [6.07, 6.45) is 16.9. The average molecular weight is 758 g/mol. The van der Waals surface area contributed by atoms with Crippen LogP contribution in [0.4, 0.5) is 14.4 Å². The molecule has 0 unspecified atom stereocenters. The highest BCUT2D eigenvalue weighted by molar-refractivity contribution is 5.68. The van der Waals surface area contributed by atoms with Crippen LogP contribution in [0, 0.1) is 46.3 Å². The van der Waals surface area contributed by atoms with Gasteiger partial charge in [-0.1, -0.05) is 65.5 Å². The maximum Gasteiger partial charge on any atom is 0.410 e. The fourth-order valence-corrected chi connectivity index (χ4v) is 11.0. The lowest BCUT2D eigenvalue weighted by atomic mass is 9.47. The molecule has 0 aromatic carbocycles. The number of nitrogens with zero attached hydrogens (tertiary/aromatic N) is 1. The minimum absolute atomic E-state index is 0.124. The SMILES string of the molecule is CC(C)CCC[C@@H](C)[C@H]1CC[C@H]2[C@@H]3CC=C4C[C@@H](OC(=O)N(CCCCNC(=O)OC(C)(C)C)CCCNC(=O)OC(C)(C)C)CC[C@]4(C)[C@H]3CC[C@]12C. The van der Waals surface area contributed by atoms with E-state index in [1.54, 1.807) is 4.90 Å². The molecule has 0 bridgehead atoms. The molecular weight excluding hydrogens is 679 g/mol. The van der Waals surface area contributed by atoms with E-state index in [1.807, 2.05) is 41.5 Å². The van der Waals surface area contributed by atoms with E-state index in [1.165, 1.54) is 56.9 Å². The average Bonchev–Trinajstić information content (AvgIpc) is 3.41. The normalized spacial score (nSPS) is 29.9. The third-order valence-corrected chi connectivity index (χ3v) is 13.6. The highest BCUT2D eigenvalue weighted by Gasteiger charge is 2.59. The molecule has 0 spiro atoms. The number of allylic oxidation sites excluding steroid dienone is 1. The number of alkyl carbamates (subject to hydrolysis) is 2. The second-order valence-electron chi connectivity index (χ2n) is 20.4. The molecule has 3 saturated carbocycles. The highest BCUT2D eigenvalue weighted by atomic mass is 16.6. The summed E-state index contributed by atoms with van der Waals surface area (Å²) >= 11 is 0. The molecule has 0 saturated heterocycles. The minimum Gasteiger partial charge on any atom is -0.446 e. The molecule has 9 heteroatoms. The summed E-state index contributed by atoms with van der Waals surface area (Å²) in [5, 5.41) is 5.62. The lowest BCUT2D eigenvalue weighted by Crippen LogP contribution is -2.51. The van der Waals surface area contributed by atoms with Crippen LogP contribution in [0.25, 0.3) is 0 Å². The van der Waals surface area contributed by atoms with Gasteiger partial charge in [0.2, 0.25) is 0 Å². The Hall–Kier alpha value is -2.45. The van der Waals surface area contributed by atoms with Crippen LogP contribution in [-0.2, 0) is 14.2 Å². The first kappa shape index (κ1) is 44.3. The smallest absolute Gasteiger partial charge is 0.410 e. The van der Waals surface area contributed by atoms with Crippen LogP contribution in [0.2, 0.25) is 0 Å². The summed E-state index contributed by atoms with van der Waals surface area (Å²) in [6.45, 7) is 25.3. The molecule has 2 N–H and O–H groups in total. The fourth-order valence-electron chi connectivity index (χ4n) is 11.0. The van der Waals surface area contributed by atoms with Crippen molar-refractivity contribution in [2.24, 2.45) is 46.3 Å². The molecule has 0 aromatic heterocycles. The number of carbonyl (C=O) groups excluding carboxylic acids is 3. The van der Waals surface area contributed by atoms with Gasteiger partial charge in [-0.3, -0.25) is 0 Å². The predicted molar refractivity (Wildman–Crippen MR) is 217 cm³/mol. The van der Waals surface area contributed by atoms with Crippen molar-refractivity contribution < 1.29 is 28.6 Å². The van der Waals surface area contributed by atoms with Gasteiger partial charge in [-0.05, 0) is 152 Å². The van der Waals surface area contributed by atoms with Crippen LogP contribution in [0.5, 0.6) is 0 Å². The van der Waals surface area contributed by atoms with E-state index >= 15 is 0 Å². The van der Waals surface area contributed by atoms with Crippen molar-refractivity contribution in [1.82, 2.24) is 15.5 Å². The van der Waals surface area contributed by atoms with E-state index in [0.717, 1.165) is 54.8 Å². The molecule has 4 aliphatic carbocycles. The van der Waals surface area contributed by atoms with Crippen LogP contribution < -0.4 is 10.6 Å². The van der Waals surface area contributed by atoms with Crippen molar-refractivity contribution in [1.29, 1.82) is 0 Å². The molecule has 0 aliphatic heterocycles. The number of ether oxygens (including phenoxy) is 3. The Morgan fingerprint density at radius 3 is 2.06 bits per heavy atom. The zero-order chi connectivity index (χ0) is 39.9. The van der Waals surface area contributed by atoms with Crippen molar-refractivity contribution in [2.45, 2.75) is 183 Å². The Balaban J connectivity index is 1.33. The number of amides is 3. The summed E-state index contributed by atoms with van der Waals surface area (Å²) in [4.78, 5) is 39.8. The summed E-state index contributed by atoms with van der Waals surface area (Å²) in [6, 6.07) is 0. The van der Waals surface area contributed by atoms with Crippen molar-refractivity contribution in [3.63, 3.8) is 0 Å². The van der Waals surface area contributed by atoms with Gasteiger partial charge in [0.25, 0.3) is 0 Å². The van der Waals surface area contributed by atoms with Crippen LogP contribution in [0.15, 0.2) is 11.6 Å².